The standard InChI is InChI=1S/C11H20N4O/c1-15(8-10-4-2-6-13-10)9-11(16)14-7-3-5-12/h10,13H,2-4,6-9H2,1H3,(H,14,16). The van der Waals surface area contributed by atoms with Crippen molar-refractivity contribution in [1.82, 2.24) is 15.5 Å². The van der Waals surface area contributed by atoms with Crippen LogP contribution in [0.2, 0.25) is 0 Å². The Bertz CT molecular complexity index is 255. The Labute approximate surface area is 96.8 Å². The molecule has 5 nitrogen and oxygen atoms in total. The minimum absolute atomic E-state index is 0.00394. The first-order chi connectivity index (χ1) is 7.72. The van der Waals surface area contributed by atoms with Crippen molar-refractivity contribution in [2.24, 2.45) is 0 Å². The first kappa shape index (κ1) is 12.9. The Morgan fingerprint density at radius 2 is 2.50 bits per heavy atom. The molecule has 16 heavy (non-hydrogen) atoms. The Balaban J connectivity index is 2.10. The predicted molar refractivity (Wildman–Crippen MR) is 61.8 cm³/mol. The summed E-state index contributed by atoms with van der Waals surface area (Å²) in [6.07, 6.45) is 2.80. The molecule has 1 saturated heterocycles. The molecule has 1 amide bonds. The molecule has 0 aromatic heterocycles. The van der Waals surface area contributed by atoms with Crippen LogP contribution in [0.25, 0.3) is 0 Å². The second kappa shape index (κ2) is 7.20. The monoisotopic (exact) mass is 224 g/mol. The van der Waals surface area contributed by atoms with Gasteiger partial charge in [0.15, 0.2) is 0 Å². The highest BCUT2D eigenvalue weighted by Gasteiger charge is 2.16. The fourth-order valence-corrected chi connectivity index (χ4v) is 1.91. The first-order valence-electron chi connectivity index (χ1n) is 5.78. The quantitative estimate of drug-likeness (QED) is 0.608. The van der Waals surface area contributed by atoms with E-state index in [1.54, 1.807) is 0 Å². The van der Waals surface area contributed by atoms with Gasteiger partial charge in [-0.1, -0.05) is 0 Å². The highest BCUT2D eigenvalue weighted by molar-refractivity contribution is 5.77. The summed E-state index contributed by atoms with van der Waals surface area (Å²) < 4.78 is 0. The van der Waals surface area contributed by atoms with Crippen molar-refractivity contribution < 1.29 is 4.79 Å². The molecule has 1 rings (SSSR count). The molecular formula is C11H20N4O. The van der Waals surface area contributed by atoms with Crippen LogP contribution >= 0.6 is 0 Å². The Morgan fingerprint density at radius 1 is 1.69 bits per heavy atom. The zero-order valence-electron chi connectivity index (χ0n) is 9.83. The average molecular weight is 224 g/mol. The smallest absolute Gasteiger partial charge is 0.234 e. The molecule has 0 radical (unpaired) electrons. The van der Waals surface area contributed by atoms with E-state index in [-0.39, 0.29) is 5.91 Å². The van der Waals surface area contributed by atoms with Gasteiger partial charge in [-0.3, -0.25) is 9.69 Å². The van der Waals surface area contributed by atoms with Gasteiger partial charge < -0.3 is 10.6 Å². The summed E-state index contributed by atoms with van der Waals surface area (Å²) in [5, 5.41) is 14.4. The van der Waals surface area contributed by atoms with Crippen molar-refractivity contribution >= 4 is 5.91 Å². The van der Waals surface area contributed by atoms with Crippen LogP contribution < -0.4 is 10.6 Å². The van der Waals surface area contributed by atoms with Crippen LogP contribution in [0.4, 0.5) is 0 Å². The largest absolute Gasteiger partial charge is 0.354 e. The van der Waals surface area contributed by atoms with E-state index in [1.807, 2.05) is 18.0 Å². The van der Waals surface area contributed by atoms with Gasteiger partial charge in [0.2, 0.25) is 5.91 Å². The fraction of sp³-hybridized carbons (Fsp3) is 0.818. The minimum atomic E-state index is -0.00394. The van der Waals surface area contributed by atoms with Crippen LogP contribution in [0, 0.1) is 11.3 Å². The average Bonchev–Trinajstić information content (AvgIpc) is 2.70. The zero-order chi connectivity index (χ0) is 11.8. The van der Waals surface area contributed by atoms with Crippen molar-refractivity contribution in [3.63, 3.8) is 0 Å². The van der Waals surface area contributed by atoms with E-state index in [4.69, 9.17) is 5.26 Å². The second-order valence-corrected chi connectivity index (χ2v) is 4.25. The lowest BCUT2D eigenvalue weighted by atomic mass is 10.2. The zero-order valence-corrected chi connectivity index (χ0v) is 9.83. The Kier molecular flexibility index (Phi) is 5.83. The van der Waals surface area contributed by atoms with Crippen molar-refractivity contribution in [2.45, 2.75) is 25.3 Å². The number of carbonyl (C=O) groups excluding carboxylic acids is 1. The van der Waals surface area contributed by atoms with E-state index < -0.39 is 0 Å². The van der Waals surface area contributed by atoms with Crippen LogP contribution in [-0.4, -0.2) is 50.1 Å². The summed E-state index contributed by atoms with van der Waals surface area (Å²) in [5.74, 6) is -0.00394. The molecule has 0 spiro atoms. The van der Waals surface area contributed by atoms with E-state index in [0.29, 0.717) is 25.6 Å². The summed E-state index contributed by atoms with van der Waals surface area (Å²) in [6, 6.07) is 2.52. The third kappa shape index (κ3) is 5.10. The van der Waals surface area contributed by atoms with Crippen molar-refractivity contribution in [2.75, 3.05) is 33.2 Å². The van der Waals surface area contributed by atoms with E-state index in [2.05, 4.69) is 10.6 Å². The number of nitrogens with one attached hydrogen (secondary N) is 2. The van der Waals surface area contributed by atoms with Gasteiger partial charge in [-0.25, -0.2) is 0 Å². The number of carbonyl (C=O) groups is 1. The van der Waals surface area contributed by atoms with Crippen molar-refractivity contribution in [3.8, 4) is 6.07 Å². The number of likely N-dealkylation sites (N-methyl/N-ethyl adjacent to an activating group) is 1. The molecule has 0 aromatic carbocycles. The third-order valence-corrected chi connectivity index (χ3v) is 2.67. The van der Waals surface area contributed by atoms with Gasteiger partial charge in [0.05, 0.1) is 19.0 Å². The lowest BCUT2D eigenvalue weighted by Crippen LogP contribution is -2.41. The van der Waals surface area contributed by atoms with Gasteiger partial charge in [0.25, 0.3) is 0 Å². The van der Waals surface area contributed by atoms with Crippen molar-refractivity contribution in [1.29, 1.82) is 5.26 Å². The summed E-state index contributed by atoms with van der Waals surface area (Å²) in [6.45, 7) is 2.85. The van der Waals surface area contributed by atoms with E-state index in [9.17, 15) is 4.79 Å². The molecule has 90 valence electrons. The predicted octanol–water partition coefficient (Wildman–Crippen LogP) is -0.300. The SMILES string of the molecule is CN(CC(=O)NCCC#N)CC1CCCN1. The molecule has 1 unspecified atom stereocenters. The number of rotatable bonds is 6. The van der Waals surface area contributed by atoms with Gasteiger partial charge in [-0.05, 0) is 26.4 Å². The lowest BCUT2D eigenvalue weighted by molar-refractivity contribution is -0.121. The Morgan fingerprint density at radius 3 is 3.12 bits per heavy atom. The van der Waals surface area contributed by atoms with Gasteiger partial charge in [-0.15, -0.1) is 0 Å². The normalized spacial score (nSPS) is 19.7. The third-order valence-electron chi connectivity index (χ3n) is 2.67. The molecule has 2 N–H and O–H groups in total. The molecule has 0 bridgehead atoms. The van der Waals surface area contributed by atoms with Crippen LogP contribution in [0.1, 0.15) is 19.3 Å². The van der Waals surface area contributed by atoms with E-state index in [0.717, 1.165) is 13.1 Å². The molecular weight excluding hydrogens is 204 g/mol. The van der Waals surface area contributed by atoms with Crippen LogP contribution in [-0.2, 0) is 4.79 Å². The molecule has 1 aliphatic heterocycles. The highest BCUT2D eigenvalue weighted by atomic mass is 16.2. The maximum Gasteiger partial charge on any atom is 0.234 e. The van der Waals surface area contributed by atoms with Crippen LogP contribution in [0.3, 0.4) is 0 Å². The second-order valence-electron chi connectivity index (χ2n) is 4.25. The molecule has 0 aromatic rings. The summed E-state index contributed by atoms with van der Waals surface area (Å²) in [7, 11) is 1.95. The van der Waals surface area contributed by atoms with Gasteiger partial charge >= 0.3 is 0 Å². The highest BCUT2D eigenvalue weighted by Crippen LogP contribution is 2.05. The van der Waals surface area contributed by atoms with E-state index in [1.165, 1.54) is 12.8 Å². The summed E-state index contributed by atoms with van der Waals surface area (Å²) in [4.78, 5) is 13.4. The molecule has 1 fully saturated rings. The summed E-state index contributed by atoms with van der Waals surface area (Å²) >= 11 is 0. The number of nitrogens with zero attached hydrogens (tertiary/aromatic N) is 2. The first-order valence-corrected chi connectivity index (χ1v) is 5.78. The molecule has 0 aliphatic carbocycles. The minimum Gasteiger partial charge on any atom is -0.354 e. The topological polar surface area (TPSA) is 68.2 Å². The maximum absolute atomic E-state index is 11.4. The number of amides is 1. The number of hydrogen-bond donors (Lipinski definition) is 2. The number of hydrogen-bond acceptors (Lipinski definition) is 4. The fourth-order valence-electron chi connectivity index (χ4n) is 1.91. The molecule has 1 heterocycles. The van der Waals surface area contributed by atoms with Crippen LogP contribution in [0.5, 0.6) is 0 Å². The van der Waals surface area contributed by atoms with Crippen molar-refractivity contribution in [3.05, 3.63) is 0 Å². The molecule has 1 aliphatic rings. The lowest BCUT2D eigenvalue weighted by Gasteiger charge is -2.20. The number of nitriles is 1. The van der Waals surface area contributed by atoms with E-state index >= 15 is 0 Å². The maximum atomic E-state index is 11.4. The molecule has 1 atom stereocenters. The van der Waals surface area contributed by atoms with Crippen LogP contribution in [0.15, 0.2) is 0 Å². The molecule has 5 heteroatoms. The van der Waals surface area contributed by atoms with Gasteiger partial charge in [0.1, 0.15) is 0 Å². The molecule has 0 saturated carbocycles. The van der Waals surface area contributed by atoms with Gasteiger partial charge in [0, 0.05) is 19.1 Å². The van der Waals surface area contributed by atoms with Gasteiger partial charge in [-0.2, -0.15) is 5.26 Å². The Hall–Kier alpha value is -1.12. The summed E-state index contributed by atoms with van der Waals surface area (Å²) in [5.41, 5.74) is 0.